The van der Waals surface area contributed by atoms with E-state index in [-0.39, 0.29) is 11.5 Å². The molecule has 1 aliphatic rings. The molecule has 1 aromatic heterocycles. The Balaban J connectivity index is 1.69. The number of benzene rings is 2. The Labute approximate surface area is 137 Å². The number of nitrogens with one attached hydrogen (secondary N) is 1. The van der Waals surface area contributed by atoms with Crippen molar-refractivity contribution in [3.05, 3.63) is 59.6 Å². The molecule has 0 saturated carbocycles. The molecule has 0 bridgehead atoms. The van der Waals surface area contributed by atoms with E-state index < -0.39 is 0 Å². The van der Waals surface area contributed by atoms with E-state index in [4.69, 9.17) is 0 Å². The Kier molecular flexibility index (Phi) is 3.09. The van der Waals surface area contributed by atoms with E-state index in [9.17, 15) is 10.2 Å². The summed E-state index contributed by atoms with van der Waals surface area (Å²) in [6.45, 7) is 3.96. The molecule has 5 heteroatoms. The SMILES string of the molecule is C=C1Cc2cc(-c3csc(-c4ccc(O)c(O)c4)n3)ccc2N1. The van der Waals surface area contributed by atoms with E-state index in [1.807, 2.05) is 17.5 Å². The smallest absolute Gasteiger partial charge is 0.158 e. The Morgan fingerprint density at radius 3 is 2.70 bits per heavy atom. The Bertz CT molecular complexity index is 931. The molecular weight excluding hydrogens is 308 g/mol. The van der Waals surface area contributed by atoms with Crippen molar-refractivity contribution >= 4 is 17.0 Å². The zero-order valence-corrected chi connectivity index (χ0v) is 13.0. The van der Waals surface area contributed by atoms with E-state index in [1.165, 1.54) is 29.0 Å². The van der Waals surface area contributed by atoms with Gasteiger partial charge in [0.05, 0.1) is 5.69 Å². The third kappa shape index (κ3) is 2.45. The minimum atomic E-state index is -0.138. The summed E-state index contributed by atoms with van der Waals surface area (Å²) < 4.78 is 0. The van der Waals surface area contributed by atoms with Crippen LogP contribution in [0.15, 0.2) is 54.1 Å². The van der Waals surface area contributed by atoms with E-state index >= 15 is 0 Å². The van der Waals surface area contributed by atoms with Crippen molar-refractivity contribution in [3.8, 4) is 33.3 Å². The van der Waals surface area contributed by atoms with Crippen LogP contribution < -0.4 is 5.32 Å². The van der Waals surface area contributed by atoms with Gasteiger partial charge in [-0.2, -0.15) is 0 Å². The lowest BCUT2D eigenvalue weighted by molar-refractivity contribution is 0.404. The summed E-state index contributed by atoms with van der Waals surface area (Å²) in [7, 11) is 0. The summed E-state index contributed by atoms with van der Waals surface area (Å²) in [5.41, 5.74) is 6.09. The highest BCUT2D eigenvalue weighted by atomic mass is 32.1. The van der Waals surface area contributed by atoms with Gasteiger partial charge in [0.15, 0.2) is 11.5 Å². The van der Waals surface area contributed by atoms with Crippen molar-refractivity contribution in [2.24, 2.45) is 0 Å². The summed E-state index contributed by atoms with van der Waals surface area (Å²) in [6.07, 6.45) is 0.839. The van der Waals surface area contributed by atoms with Crippen LogP contribution in [-0.2, 0) is 6.42 Å². The number of thiazole rings is 1. The first kappa shape index (κ1) is 13.8. The quantitative estimate of drug-likeness (QED) is 0.613. The molecule has 0 amide bonds. The number of aromatic hydroxyl groups is 2. The molecule has 3 aromatic rings. The van der Waals surface area contributed by atoms with Crippen molar-refractivity contribution in [3.63, 3.8) is 0 Å². The zero-order chi connectivity index (χ0) is 16.0. The van der Waals surface area contributed by atoms with Crippen LogP contribution in [0.3, 0.4) is 0 Å². The van der Waals surface area contributed by atoms with Crippen LogP contribution >= 0.6 is 11.3 Å². The van der Waals surface area contributed by atoms with Crippen LogP contribution in [-0.4, -0.2) is 15.2 Å². The van der Waals surface area contributed by atoms with E-state index in [0.717, 1.165) is 39.6 Å². The van der Waals surface area contributed by atoms with Gasteiger partial charge in [0.25, 0.3) is 0 Å². The lowest BCUT2D eigenvalue weighted by Gasteiger charge is -2.02. The van der Waals surface area contributed by atoms with Crippen molar-refractivity contribution in [1.29, 1.82) is 0 Å². The molecule has 3 N–H and O–H groups in total. The predicted molar refractivity (Wildman–Crippen MR) is 92.8 cm³/mol. The molecule has 1 aliphatic heterocycles. The maximum atomic E-state index is 9.63. The average molecular weight is 322 g/mol. The van der Waals surface area contributed by atoms with Crippen LogP contribution in [0.25, 0.3) is 21.8 Å². The molecular formula is C18H14N2O2S. The van der Waals surface area contributed by atoms with Gasteiger partial charge >= 0.3 is 0 Å². The van der Waals surface area contributed by atoms with Crippen molar-refractivity contribution in [2.75, 3.05) is 5.32 Å². The van der Waals surface area contributed by atoms with Crippen LogP contribution in [0, 0.1) is 0 Å². The second kappa shape index (κ2) is 5.14. The molecule has 0 radical (unpaired) electrons. The van der Waals surface area contributed by atoms with Gasteiger partial charge in [-0.05, 0) is 35.9 Å². The van der Waals surface area contributed by atoms with Crippen LogP contribution in [0.1, 0.15) is 5.56 Å². The first-order valence-electron chi connectivity index (χ1n) is 7.16. The Morgan fingerprint density at radius 2 is 1.87 bits per heavy atom. The van der Waals surface area contributed by atoms with Crippen LogP contribution in [0.5, 0.6) is 11.5 Å². The molecule has 0 spiro atoms. The maximum absolute atomic E-state index is 9.63. The number of rotatable bonds is 2. The first-order chi connectivity index (χ1) is 11.1. The second-order valence-corrected chi connectivity index (χ2v) is 6.38. The fraction of sp³-hybridized carbons (Fsp3) is 0.0556. The Hall–Kier alpha value is -2.79. The lowest BCUT2D eigenvalue weighted by atomic mass is 10.1. The molecule has 2 heterocycles. The van der Waals surface area contributed by atoms with E-state index in [1.54, 1.807) is 6.07 Å². The summed E-state index contributed by atoms with van der Waals surface area (Å²) in [5, 5.41) is 25.1. The van der Waals surface area contributed by atoms with Crippen molar-refractivity contribution in [1.82, 2.24) is 4.98 Å². The number of allylic oxidation sites excluding steroid dienone is 1. The molecule has 23 heavy (non-hydrogen) atoms. The fourth-order valence-electron chi connectivity index (χ4n) is 2.68. The van der Waals surface area contributed by atoms with Gasteiger partial charge in [-0.15, -0.1) is 11.3 Å². The van der Waals surface area contributed by atoms with E-state index in [0.29, 0.717) is 0 Å². The van der Waals surface area contributed by atoms with Gasteiger partial charge in [-0.1, -0.05) is 12.6 Å². The highest BCUT2D eigenvalue weighted by Gasteiger charge is 2.15. The number of fused-ring (bicyclic) bond motifs is 1. The maximum Gasteiger partial charge on any atom is 0.158 e. The number of hydrogen-bond acceptors (Lipinski definition) is 5. The van der Waals surface area contributed by atoms with E-state index in [2.05, 4.69) is 22.9 Å². The van der Waals surface area contributed by atoms with Gasteiger partial charge in [0.1, 0.15) is 5.01 Å². The lowest BCUT2D eigenvalue weighted by Crippen LogP contribution is -1.87. The summed E-state index contributed by atoms with van der Waals surface area (Å²) in [5.74, 6) is -0.266. The molecule has 2 aromatic carbocycles. The topological polar surface area (TPSA) is 65.4 Å². The van der Waals surface area contributed by atoms with Gasteiger partial charge in [0, 0.05) is 34.3 Å². The molecule has 4 nitrogen and oxygen atoms in total. The molecule has 114 valence electrons. The zero-order valence-electron chi connectivity index (χ0n) is 12.2. The normalized spacial score (nSPS) is 13.0. The number of phenolic OH excluding ortho intramolecular Hbond substituents is 2. The third-order valence-electron chi connectivity index (χ3n) is 3.84. The highest BCUT2D eigenvalue weighted by Crippen LogP contribution is 2.36. The average Bonchev–Trinajstić information content (AvgIpc) is 3.14. The van der Waals surface area contributed by atoms with Gasteiger partial charge < -0.3 is 15.5 Å². The molecule has 0 atom stereocenters. The number of phenols is 2. The number of anilines is 1. The molecule has 0 unspecified atom stereocenters. The minimum absolute atomic E-state index is 0.128. The third-order valence-corrected chi connectivity index (χ3v) is 4.73. The second-order valence-electron chi connectivity index (χ2n) is 5.52. The minimum Gasteiger partial charge on any atom is -0.504 e. The molecule has 0 aliphatic carbocycles. The first-order valence-corrected chi connectivity index (χ1v) is 8.04. The van der Waals surface area contributed by atoms with Gasteiger partial charge in [0.2, 0.25) is 0 Å². The molecule has 0 fully saturated rings. The highest BCUT2D eigenvalue weighted by molar-refractivity contribution is 7.13. The monoisotopic (exact) mass is 322 g/mol. The van der Waals surface area contributed by atoms with Crippen LogP contribution in [0.2, 0.25) is 0 Å². The van der Waals surface area contributed by atoms with Gasteiger partial charge in [-0.25, -0.2) is 4.98 Å². The number of aromatic nitrogens is 1. The standard InChI is InChI=1S/C18H14N2O2S/c1-10-6-13-7-11(2-4-14(13)19-10)15-9-23-18(20-15)12-3-5-16(21)17(22)8-12/h2-5,7-9,19,21-22H,1,6H2. The Morgan fingerprint density at radius 1 is 1.04 bits per heavy atom. The van der Waals surface area contributed by atoms with Gasteiger partial charge in [-0.3, -0.25) is 0 Å². The fourth-order valence-corrected chi connectivity index (χ4v) is 3.51. The largest absolute Gasteiger partial charge is 0.504 e. The molecule has 0 saturated heterocycles. The number of hydrogen-bond donors (Lipinski definition) is 3. The summed E-state index contributed by atoms with van der Waals surface area (Å²) in [4.78, 5) is 4.65. The predicted octanol–water partition coefficient (Wildman–Crippen LogP) is 4.37. The van der Waals surface area contributed by atoms with Crippen LogP contribution in [0.4, 0.5) is 5.69 Å². The van der Waals surface area contributed by atoms with Crippen molar-refractivity contribution in [2.45, 2.75) is 6.42 Å². The number of nitrogens with zero attached hydrogens (tertiary/aromatic N) is 1. The van der Waals surface area contributed by atoms with Crippen molar-refractivity contribution < 1.29 is 10.2 Å². The summed E-state index contributed by atoms with van der Waals surface area (Å²) >= 11 is 1.51. The molecule has 4 rings (SSSR count). The summed E-state index contributed by atoms with van der Waals surface area (Å²) in [6, 6.07) is 11.0.